The molecular weight excluding hydrogens is 160 g/mol. The van der Waals surface area contributed by atoms with E-state index in [-0.39, 0.29) is 5.91 Å². The normalized spacial score (nSPS) is 17.4. The molecule has 11 heavy (non-hydrogen) atoms. The van der Waals surface area contributed by atoms with E-state index in [4.69, 9.17) is 12.2 Å². The van der Waals surface area contributed by atoms with Gasteiger partial charge in [0.25, 0.3) is 0 Å². The Hall–Kier alpha value is -0.640. The monoisotopic (exact) mass is 172 g/mol. The average Bonchev–Trinajstić information content (AvgIpc) is 2.29. The van der Waals surface area contributed by atoms with Gasteiger partial charge in [0.2, 0.25) is 5.91 Å². The molecule has 1 amide bonds. The number of amides is 1. The number of carbonyl (C=O) groups excluding carboxylic acids is 1. The van der Waals surface area contributed by atoms with Crippen LogP contribution in [0, 0.1) is 0 Å². The van der Waals surface area contributed by atoms with Crippen LogP contribution in [-0.4, -0.2) is 29.0 Å². The fourth-order valence-electron chi connectivity index (χ4n) is 0.998. The van der Waals surface area contributed by atoms with Crippen molar-refractivity contribution in [2.24, 2.45) is 0 Å². The lowest BCUT2D eigenvalue weighted by Crippen LogP contribution is -2.31. The molecule has 1 rings (SSSR count). The third-order valence-corrected chi connectivity index (χ3v) is 2.04. The fraction of sp³-hybridized carbons (Fsp3) is 0.714. The molecule has 3 nitrogen and oxygen atoms in total. The molecule has 0 aromatic heterocycles. The molecule has 0 atom stereocenters. The Balaban J connectivity index is 2.41. The van der Waals surface area contributed by atoms with Crippen LogP contribution in [-0.2, 0) is 4.79 Å². The highest BCUT2D eigenvalue weighted by atomic mass is 32.1. The number of hydrogen-bond acceptors (Lipinski definition) is 2. The third kappa shape index (κ3) is 1.89. The van der Waals surface area contributed by atoms with Crippen molar-refractivity contribution in [2.75, 3.05) is 13.1 Å². The molecule has 0 aromatic rings. The average molecular weight is 172 g/mol. The van der Waals surface area contributed by atoms with Gasteiger partial charge in [-0.2, -0.15) is 0 Å². The first-order valence-corrected chi connectivity index (χ1v) is 4.24. The highest BCUT2D eigenvalue weighted by Crippen LogP contribution is 2.01. The quantitative estimate of drug-likeness (QED) is 0.629. The minimum Gasteiger partial charge on any atom is -0.353 e. The molecule has 62 valence electrons. The van der Waals surface area contributed by atoms with Gasteiger partial charge in [-0.05, 0) is 18.6 Å². The van der Waals surface area contributed by atoms with E-state index in [2.05, 4.69) is 12.2 Å². The summed E-state index contributed by atoms with van der Waals surface area (Å²) in [6, 6.07) is 0. The van der Waals surface area contributed by atoms with Crippen molar-refractivity contribution in [1.82, 2.24) is 10.2 Å². The molecule has 4 heteroatoms. The van der Waals surface area contributed by atoms with Crippen molar-refractivity contribution >= 4 is 23.2 Å². The van der Waals surface area contributed by atoms with Crippen LogP contribution in [0.15, 0.2) is 0 Å². The topological polar surface area (TPSA) is 32.3 Å². The highest BCUT2D eigenvalue weighted by Gasteiger charge is 2.23. The summed E-state index contributed by atoms with van der Waals surface area (Å²) >= 11 is 4.92. The SMILES string of the molecule is CCCCN1C(=O)CNC1=S. The van der Waals surface area contributed by atoms with Crippen LogP contribution in [0.3, 0.4) is 0 Å². The molecule has 1 fully saturated rings. The molecular formula is C7H12N2OS. The van der Waals surface area contributed by atoms with Crippen molar-refractivity contribution in [1.29, 1.82) is 0 Å². The largest absolute Gasteiger partial charge is 0.353 e. The fourth-order valence-corrected chi connectivity index (χ4v) is 1.26. The summed E-state index contributed by atoms with van der Waals surface area (Å²) in [4.78, 5) is 12.7. The minimum atomic E-state index is 0.100. The van der Waals surface area contributed by atoms with E-state index in [1.807, 2.05) is 0 Å². The van der Waals surface area contributed by atoms with E-state index in [0.717, 1.165) is 19.4 Å². The van der Waals surface area contributed by atoms with Gasteiger partial charge in [0, 0.05) is 6.54 Å². The molecule has 0 saturated carbocycles. The first-order valence-electron chi connectivity index (χ1n) is 3.84. The van der Waals surface area contributed by atoms with Gasteiger partial charge >= 0.3 is 0 Å². The molecule has 1 N–H and O–H groups in total. The molecule has 0 radical (unpaired) electrons. The maximum atomic E-state index is 11.1. The lowest BCUT2D eigenvalue weighted by Gasteiger charge is -2.12. The lowest BCUT2D eigenvalue weighted by molar-refractivity contribution is -0.124. The summed E-state index contributed by atoms with van der Waals surface area (Å²) in [5.41, 5.74) is 0. The standard InChI is InChI=1S/C7H12N2OS/c1-2-3-4-9-6(10)5-8-7(9)11/h2-5H2,1H3,(H,8,11). The molecule has 0 bridgehead atoms. The van der Waals surface area contributed by atoms with Crippen LogP contribution in [0.2, 0.25) is 0 Å². The minimum absolute atomic E-state index is 0.100. The molecule has 1 aliphatic heterocycles. The van der Waals surface area contributed by atoms with E-state index < -0.39 is 0 Å². The number of unbranched alkanes of at least 4 members (excludes halogenated alkanes) is 1. The summed E-state index contributed by atoms with van der Waals surface area (Å²) < 4.78 is 0. The molecule has 1 heterocycles. The van der Waals surface area contributed by atoms with Crippen molar-refractivity contribution in [3.05, 3.63) is 0 Å². The van der Waals surface area contributed by atoms with Crippen molar-refractivity contribution in [3.63, 3.8) is 0 Å². The summed E-state index contributed by atoms with van der Waals surface area (Å²) in [6.45, 7) is 3.24. The van der Waals surface area contributed by atoms with Crippen LogP contribution in [0.25, 0.3) is 0 Å². The van der Waals surface area contributed by atoms with Crippen molar-refractivity contribution in [2.45, 2.75) is 19.8 Å². The van der Waals surface area contributed by atoms with E-state index in [1.165, 1.54) is 0 Å². The zero-order valence-electron chi connectivity index (χ0n) is 6.59. The van der Waals surface area contributed by atoms with E-state index >= 15 is 0 Å². The van der Waals surface area contributed by atoms with Gasteiger partial charge in [0.05, 0.1) is 6.54 Å². The van der Waals surface area contributed by atoms with E-state index in [0.29, 0.717) is 11.7 Å². The first-order chi connectivity index (χ1) is 5.25. The van der Waals surface area contributed by atoms with Crippen molar-refractivity contribution in [3.8, 4) is 0 Å². The second kappa shape index (κ2) is 3.67. The predicted molar refractivity (Wildman–Crippen MR) is 47.2 cm³/mol. The maximum Gasteiger partial charge on any atom is 0.248 e. The summed E-state index contributed by atoms with van der Waals surface area (Å²) in [6.07, 6.45) is 2.11. The lowest BCUT2D eigenvalue weighted by atomic mass is 10.3. The van der Waals surface area contributed by atoms with Crippen molar-refractivity contribution < 1.29 is 4.79 Å². The van der Waals surface area contributed by atoms with Gasteiger partial charge in [0.1, 0.15) is 0 Å². The van der Waals surface area contributed by atoms with Gasteiger partial charge in [-0.15, -0.1) is 0 Å². The zero-order valence-corrected chi connectivity index (χ0v) is 7.41. The number of rotatable bonds is 3. The van der Waals surface area contributed by atoms with Crippen LogP contribution >= 0.6 is 12.2 Å². The highest BCUT2D eigenvalue weighted by molar-refractivity contribution is 7.80. The Bertz CT molecular complexity index is 165. The number of carbonyl (C=O) groups is 1. The van der Waals surface area contributed by atoms with Gasteiger partial charge in [-0.3, -0.25) is 9.69 Å². The smallest absolute Gasteiger partial charge is 0.248 e. The Morgan fingerprint density at radius 2 is 2.45 bits per heavy atom. The summed E-state index contributed by atoms with van der Waals surface area (Å²) in [5.74, 6) is 0.100. The van der Waals surface area contributed by atoms with Gasteiger partial charge in [-0.25, -0.2) is 0 Å². The van der Waals surface area contributed by atoms with Crippen LogP contribution in [0.5, 0.6) is 0 Å². The summed E-state index contributed by atoms with van der Waals surface area (Å²) in [5, 5.41) is 3.42. The van der Waals surface area contributed by atoms with E-state index in [1.54, 1.807) is 4.90 Å². The number of thiocarbonyl (C=S) groups is 1. The number of nitrogens with one attached hydrogen (secondary N) is 1. The number of nitrogens with zero attached hydrogens (tertiary/aromatic N) is 1. The first kappa shape index (κ1) is 8.46. The molecule has 0 aromatic carbocycles. The summed E-state index contributed by atoms with van der Waals surface area (Å²) in [7, 11) is 0. The van der Waals surface area contributed by atoms with Crippen LogP contribution in [0.4, 0.5) is 0 Å². The molecule has 0 unspecified atom stereocenters. The molecule has 1 saturated heterocycles. The molecule has 1 aliphatic rings. The van der Waals surface area contributed by atoms with Crippen LogP contribution in [0.1, 0.15) is 19.8 Å². The molecule has 0 spiro atoms. The third-order valence-electron chi connectivity index (χ3n) is 1.67. The van der Waals surface area contributed by atoms with Gasteiger partial charge < -0.3 is 5.32 Å². The van der Waals surface area contributed by atoms with Gasteiger partial charge in [0.15, 0.2) is 5.11 Å². The van der Waals surface area contributed by atoms with E-state index in [9.17, 15) is 4.79 Å². The predicted octanol–water partition coefficient (Wildman–Crippen LogP) is 0.503. The van der Waals surface area contributed by atoms with Gasteiger partial charge in [-0.1, -0.05) is 13.3 Å². The molecule has 0 aliphatic carbocycles. The second-order valence-corrected chi connectivity index (χ2v) is 2.94. The maximum absolute atomic E-state index is 11.1. The Morgan fingerprint density at radius 1 is 1.73 bits per heavy atom. The second-order valence-electron chi connectivity index (χ2n) is 2.56. The Kier molecular flexibility index (Phi) is 2.82. The Morgan fingerprint density at radius 3 is 2.91 bits per heavy atom. The Labute approximate surface area is 71.8 Å². The number of hydrogen-bond donors (Lipinski definition) is 1. The van der Waals surface area contributed by atoms with Crippen LogP contribution < -0.4 is 5.32 Å². The zero-order chi connectivity index (χ0) is 8.27.